The Kier molecular flexibility index (Phi) is 4.97. The summed E-state index contributed by atoms with van der Waals surface area (Å²) >= 11 is 2.97. The normalized spacial score (nSPS) is 10.5. The van der Waals surface area contributed by atoms with Crippen LogP contribution in [0.4, 0.5) is 15.2 Å². The van der Waals surface area contributed by atoms with Crippen molar-refractivity contribution >= 4 is 39.8 Å². The second kappa shape index (κ2) is 6.71. The molecular weight excluding hydrogens is 297 g/mol. The van der Waals surface area contributed by atoms with Gasteiger partial charge < -0.3 is 11.1 Å². The highest BCUT2D eigenvalue weighted by atomic mass is 32.2. The maximum atomic E-state index is 13.0. The fraction of sp³-hybridized carbons (Fsp3) is 0.231. The monoisotopic (exact) mass is 311 g/mol. The van der Waals surface area contributed by atoms with E-state index in [4.69, 9.17) is 5.73 Å². The van der Waals surface area contributed by atoms with E-state index < -0.39 is 0 Å². The lowest BCUT2D eigenvalue weighted by molar-refractivity contribution is -0.115. The minimum Gasteiger partial charge on any atom is -0.375 e. The Morgan fingerprint density at radius 2 is 2.35 bits per heavy atom. The zero-order chi connectivity index (χ0) is 14.5. The Morgan fingerprint density at radius 1 is 1.55 bits per heavy atom. The van der Waals surface area contributed by atoms with Crippen LogP contribution in [0.1, 0.15) is 12.1 Å². The average molecular weight is 311 g/mol. The summed E-state index contributed by atoms with van der Waals surface area (Å²) in [6, 6.07) is 5.84. The molecule has 1 aromatic heterocycles. The quantitative estimate of drug-likeness (QED) is 0.831. The standard InChI is InChI=1S/C13H14FN3OS2/c1-8-12(20-13(15)16-8)19-6-5-11(18)17-10-4-2-3-9(14)7-10/h2-4,7H,5-6H2,1H3,(H2,15,16)(H,17,18). The van der Waals surface area contributed by atoms with Crippen molar-refractivity contribution < 1.29 is 9.18 Å². The summed E-state index contributed by atoms with van der Waals surface area (Å²) in [5.41, 5.74) is 6.97. The summed E-state index contributed by atoms with van der Waals surface area (Å²) in [4.78, 5) is 15.8. The van der Waals surface area contributed by atoms with Crippen LogP contribution in [-0.4, -0.2) is 16.6 Å². The molecule has 2 rings (SSSR count). The second-order valence-electron chi connectivity index (χ2n) is 4.08. The Morgan fingerprint density at radius 3 is 3.00 bits per heavy atom. The molecule has 0 unspecified atom stereocenters. The highest BCUT2D eigenvalue weighted by molar-refractivity contribution is 8.01. The van der Waals surface area contributed by atoms with Crippen LogP contribution in [0.25, 0.3) is 0 Å². The topological polar surface area (TPSA) is 68.0 Å². The first-order valence-corrected chi connectivity index (χ1v) is 7.76. The number of nitrogen functional groups attached to an aromatic ring is 1. The number of hydrogen-bond acceptors (Lipinski definition) is 5. The molecule has 3 N–H and O–H groups in total. The van der Waals surface area contributed by atoms with Crippen LogP contribution in [0.2, 0.25) is 0 Å². The number of thiazole rings is 1. The number of hydrogen-bond donors (Lipinski definition) is 2. The molecule has 0 saturated heterocycles. The molecule has 0 bridgehead atoms. The van der Waals surface area contributed by atoms with Gasteiger partial charge in [-0.3, -0.25) is 4.79 Å². The van der Waals surface area contributed by atoms with Gasteiger partial charge in [0.15, 0.2) is 5.13 Å². The summed E-state index contributed by atoms with van der Waals surface area (Å²) in [5, 5.41) is 3.20. The van der Waals surface area contributed by atoms with Crippen molar-refractivity contribution in [3.05, 3.63) is 35.8 Å². The van der Waals surface area contributed by atoms with Gasteiger partial charge in [-0.2, -0.15) is 0 Å². The number of amides is 1. The van der Waals surface area contributed by atoms with Crippen molar-refractivity contribution in [1.82, 2.24) is 4.98 Å². The van der Waals surface area contributed by atoms with Crippen molar-refractivity contribution in [3.8, 4) is 0 Å². The van der Waals surface area contributed by atoms with Gasteiger partial charge in [0.1, 0.15) is 5.82 Å². The molecule has 0 fully saturated rings. The van der Waals surface area contributed by atoms with Crippen molar-refractivity contribution in [2.45, 2.75) is 17.6 Å². The maximum absolute atomic E-state index is 13.0. The molecule has 7 heteroatoms. The number of carbonyl (C=O) groups excluding carboxylic acids is 1. The smallest absolute Gasteiger partial charge is 0.225 e. The Balaban J connectivity index is 1.79. The van der Waals surface area contributed by atoms with Gasteiger partial charge in [0.05, 0.1) is 9.90 Å². The zero-order valence-corrected chi connectivity index (χ0v) is 12.5. The van der Waals surface area contributed by atoms with Crippen LogP contribution >= 0.6 is 23.1 Å². The van der Waals surface area contributed by atoms with Gasteiger partial charge in [-0.15, -0.1) is 11.8 Å². The van der Waals surface area contributed by atoms with E-state index >= 15 is 0 Å². The summed E-state index contributed by atoms with van der Waals surface area (Å²) in [6.07, 6.45) is 0.346. The van der Waals surface area contributed by atoms with Crippen molar-refractivity contribution in [2.75, 3.05) is 16.8 Å². The van der Waals surface area contributed by atoms with E-state index in [0.29, 0.717) is 23.0 Å². The first-order chi connectivity index (χ1) is 9.54. The van der Waals surface area contributed by atoms with E-state index in [2.05, 4.69) is 10.3 Å². The van der Waals surface area contributed by atoms with E-state index in [-0.39, 0.29) is 11.7 Å². The van der Waals surface area contributed by atoms with E-state index in [1.807, 2.05) is 6.92 Å². The summed E-state index contributed by atoms with van der Waals surface area (Å²) < 4.78 is 14.0. The third kappa shape index (κ3) is 4.21. The zero-order valence-electron chi connectivity index (χ0n) is 10.9. The van der Waals surface area contributed by atoms with Crippen LogP contribution in [-0.2, 0) is 4.79 Å². The molecule has 1 heterocycles. The number of nitrogens with two attached hydrogens (primary N) is 1. The van der Waals surface area contributed by atoms with E-state index in [0.717, 1.165) is 9.90 Å². The summed E-state index contributed by atoms with van der Waals surface area (Å²) in [6.45, 7) is 1.89. The molecule has 20 heavy (non-hydrogen) atoms. The number of thioether (sulfide) groups is 1. The van der Waals surface area contributed by atoms with Gasteiger partial charge >= 0.3 is 0 Å². The van der Waals surface area contributed by atoms with Crippen LogP contribution in [0, 0.1) is 12.7 Å². The number of anilines is 2. The minimum atomic E-state index is -0.368. The second-order valence-corrected chi connectivity index (χ2v) is 6.48. The van der Waals surface area contributed by atoms with E-state index in [1.54, 1.807) is 23.9 Å². The SMILES string of the molecule is Cc1nc(N)sc1SCCC(=O)Nc1cccc(F)c1. The minimum absolute atomic E-state index is 0.141. The molecule has 1 aromatic carbocycles. The first kappa shape index (κ1) is 14.8. The van der Waals surface area contributed by atoms with Gasteiger partial charge in [-0.1, -0.05) is 17.4 Å². The lowest BCUT2D eigenvalue weighted by Crippen LogP contribution is -2.12. The Labute approximate surface area is 124 Å². The fourth-order valence-corrected chi connectivity index (χ4v) is 3.60. The van der Waals surface area contributed by atoms with Crippen LogP contribution < -0.4 is 11.1 Å². The molecule has 2 aromatic rings. The van der Waals surface area contributed by atoms with Gasteiger partial charge in [0.25, 0.3) is 0 Å². The summed E-state index contributed by atoms with van der Waals surface area (Å²) in [7, 11) is 0. The fourth-order valence-electron chi connectivity index (χ4n) is 1.56. The highest BCUT2D eigenvalue weighted by Gasteiger charge is 2.08. The van der Waals surface area contributed by atoms with Crippen molar-refractivity contribution in [3.63, 3.8) is 0 Å². The molecule has 0 aliphatic carbocycles. The molecule has 0 aliphatic heterocycles. The molecule has 0 radical (unpaired) electrons. The van der Waals surface area contributed by atoms with Gasteiger partial charge in [-0.25, -0.2) is 9.37 Å². The van der Waals surface area contributed by atoms with Crippen LogP contribution in [0.15, 0.2) is 28.5 Å². The molecule has 0 aliphatic rings. The number of nitrogens with zero attached hydrogens (tertiary/aromatic N) is 1. The van der Waals surface area contributed by atoms with Gasteiger partial charge in [-0.05, 0) is 25.1 Å². The third-order valence-electron chi connectivity index (χ3n) is 2.44. The molecule has 0 atom stereocenters. The lowest BCUT2D eigenvalue weighted by atomic mass is 10.3. The van der Waals surface area contributed by atoms with E-state index in [9.17, 15) is 9.18 Å². The number of aromatic nitrogens is 1. The first-order valence-electron chi connectivity index (χ1n) is 5.95. The number of halogens is 1. The Hall–Kier alpha value is -1.60. The Bertz CT molecular complexity index is 615. The average Bonchev–Trinajstić information content (AvgIpc) is 2.68. The molecular formula is C13H14FN3OS2. The van der Waals surface area contributed by atoms with Crippen molar-refractivity contribution in [2.24, 2.45) is 0 Å². The van der Waals surface area contributed by atoms with Crippen LogP contribution in [0.3, 0.4) is 0 Å². The predicted molar refractivity (Wildman–Crippen MR) is 81.6 cm³/mol. The largest absolute Gasteiger partial charge is 0.375 e. The molecule has 0 saturated carbocycles. The highest BCUT2D eigenvalue weighted by Crippen LogP contribution is 2.30. The summed E-state index contributed by atoms with van der Waals surface area (Å²) in [5.74, 6) is 0.120. The van der Waals surface area contributed by atoms with Gasteiger partial charge in [0.2, 0.25) is 5.91 Å². The molecule has 4 nitrogen and oxygen atoms in total. The molecule has 0 spiro atoms. The number of rotatable bonds is 5. The third-order valence-corrected chi connectivity index (χ3v) is 4.79. The van der Waals surface area contributed by atoms with Gasteiger partial charge in [0, 0.05) is 17.9 Å². The van der Waals surface area contributed by atoms with Crippen LogP contribution in [0.5, 0.6) is 0 Å². The number of carbonyl (C=O) groups is 1. The number of nitrogens with one attached hydrogen (secondary N) is 1. The predicted octanol–water partition coefficient (Wildman–Crippen LogP) is 3.29. The van der Waals surface area contributed by atoms with E-state index in [1.165, 1.54) is 23.5 Å². The lowest BCUT2D eigenvalue weighted by Gasteiger charge is -2.04. The van der Waals surface area contributed by atoms with Crippen molar-refractivity contribution in [1.29, 1.82) is 0 Å². The molecule has 1 amide bonds. The number of benzene rings is 1. The number of aryl methyl sites for hydroxylation is 1. The maximum Gasteiger partial charge on any atom is 0.225 e. The molecule has 106 valence electrons.